The van der Waals surface area contributed by atoms with Crippen molar-refractivity contribution in [1.82, 2.24) is 4.98 Å². The number of benzene rings is 1. The van der Waals surface area contributed by atoms with Gasteiger partial charge in [-0.05, 0) is 48.2 Å². The van der Waals surface area contributed by atoms with Crippen LogP contribution in [0.15, 0.2) is 48.7 Å². The second-order valence-corrected chi connectivity index (χ2v) is 5.17. The summed E-state index contributed by atoms with van der Waals surface area (Å²) in [7, 11) is 0. The maximum Gasteiger partial charge on any atom is 0.256 e. The van der Waals surface area contributed by atoms with E-state index >= 15 is 0 Å². The summed E-state index contributed by atoms with van der Waals surface area (Å²) in [5, 5.41) is 2.84. The second kappa shape index (κ2) is 8.13. The zero-order valence-electron chi connectivity index (χ0n) is 13.2. The fourth-order valence-electron chi connectivity index (χ4n) is 2.08. The smallest absolute Gasteiger partial charge is 0.256 e. The predicted molar refractivity (Wildman–Crippen MR) is 92.0 cm³/mol. The highest BCUT2D eigenvalue weighted by Gasteiger charge is 2.06. The summed E-state index contributed by atoms with van der Waals surface area (Å²) in [5.74, 6) is 0.459. The molecule has 0 saturated heterocycles. The van der Waals surface area contributed by atoms with Crippen molar-refractivity contribution in [2.45, 2.75) is 33.1 Å². The Hall–Kier alpha value is -2.42. The van der Waals surface area contributed by atoms with E-state index in [1.165, 1.54) is 0 Å². The fourth-order valence-corrected chi connectivity index (χ4v) is 2.08. The third kappa shape index (κ3) is 4.55. The third-order valence-electron chi connectivity index (χ3n) is 3.41. The lowest BCUT2D eigenvalue weighted by Crippen LogP contribution is -2.13. The Morgan fingerprint density at radius 3 is 2.64 bits per heavy atom. The van der Waals surface area contributed by atoms with E-state index in [1.54, 1.807) is 6.20 Å². The zero-order chi connectivity index (χ0) is 15.8. The molecule has 22 heavy (non-hydrogen) atoms. The number of hydrogen-bond donors (Lipinski definition) is 1. The van der Waals surface area contributed by atoms with Gasteiger partial charge in [0, 0.05) is 11.8 Å². The van der Waals surface area contributed by atoms with Crippen molar-refractivity contribution in [1.29, 1.82) is 0 Å². The van der Waals surface area contributed by atoms with Gasteiger partial charge in [0.05, 0.1) is 0 Å². The lowest BCUT2D eigenvalue weighted by atomic mass is 10.1. The minimum atomic E-state index is -0.134. The molecule has 0 radical (unpaired) electrons. The Morgan fingerprint density at radius 1 is 1.18 bits per heavy atom. The summed E-state index contributed by atoms with van der Waals surface area (Å²) in [5.41, 5.74) is 2.90. The Morgan fingerprint density at radius 2 is 1.95 bits per heavy atom. The lowest BCUT2D eigenvalue weighted by molar-refractivity contribution is 0.102. The third-order valence-corrected chi connectivity index (χ3v) is 3.41. The SMILES string of the molecule is CCCC=Cc1ccc(C(=O)Nc2cc(CC)ccn2)cc1. The Kier molecular flexibility index (Phi) is 5.90. The molecule has 1 heterocycles. The number of rotatable bonds is 6. The molecule has 1 aromatic carbocycles. The lowest BCUT2D eigenvalue weighted by Gasteiger charge is -2.06. The van der Waals surface area contributed by atoms with Crippen molar-refractivity contribution >= 4 is 17.8 Å². The number of nitrogens with one attached hydrogen (secondary N) is 1. The van der Waals surface area contributed by atoms with E-state index < -0.39 is 0 Å². The number of pyridine rings is 1. The molecule has 114 valence electrons. The quantitative estimate of drug-likeness (QED) is 0.838. The van der Waals surface area contributed by atoms with Crippen molar-refractivity contribution in [2.24, 2.45) is 0 Å². The molecule has 1 amide bonds. The van der Waals surface area contributed by atoms with Crippen molar-refractivity contribution in [2.75, 3.05) is 5.32 Å². The second-order valence-electron chi connectivity index (χ2n) is 5.17. The van der Waals surface area contributed by atoms with Gasteiger partial charge in [-0.3, -0.25) is 4.79 Å². The Balaban J connectivity index is 2.03. The molecule has 0 fully saturated rings. The van der Waals surface area contributed by atoms with Crippen molar-refractivity contribution in [3.63, 3.8) is 0 Å². The standard InChI is InChI=1S/C19H22N2O/c1-3-5-6-7-16-8-10-17(11-9-16)19(22)21-18-14-15(4-2)12-13-20-18/h6-14H,3-5H2,1-2H3,(H,20,21,22). The van der Waals surface area contributed by atoms with Gasteiger partial charge >= 0.3 is 0 Å². The molecule has 0 spiro atoms. The van der Waals surface area contributed by atoms with E-state index in [4.69, 9.17) is 0 Å². The zero-order valence-corrected chi connectivity index (χ0v) is 13.2. The molecule has 1 N–H and O–H groups in total. The summed E-state index contributed by atoms with van der Waals surface area (Å²) < 4.78 is 0. The maximum absolute atomic E-state index is 12.2. The molecule has 0 aliphatic carbocycles. The van der Waals surface area contributed by atoms with Gasteiger partial charge in [-0.2, -0.15) is 0 Å². The first kappa shape index (κ1) is 16.0. The number of hydrogen-bond acceptors (Lipinski definition) is 2. The van der Waals surface area contributed by atoms with Gasteiger partial charge in [0.15, 0.2) is 0 Å². The molecule has 0 unspecified atom stereocenters. The molecule has 0 aliphatic heterocycles. The molecule has 0 bridgehead atoms. The van der Waals surface area contributed by atoms with E-state index in [0.717, 1.165) is 30.4 Å². The molecule has 3 heteroatoms. The van der Waals surface area contributed by atoms with E-state index in [-0.39, 0.29) is 5.91 Å². The molecule has 3 nitrogen and oxygen atoms in total. The summed E-state index contributed by atoms with van der Waals surface area (Å²) in [6.07, 6.45) is 9.08. The van der Waals surface area contributed by atoms with Crippen LogP contribution in [-0.4, -0.2) is 10.9 Å². The van der Waals surface area contributed by atoms with Gasteiger partial charge in [-0.1, -0.05) is 44.6 Å². The minimum absolute atomic E-state index is 0.134. The van der Waals surface area contributed by atoms with Gasteiger partial charge in [-0.25, -0.2) is 4.98 Å². The largest absolute Gasteiger partial charge is 0.307 e. The topological polar surface area (TPSA) is 42.0 Å². The van der Waals surface area contributed by atoms with E-state index in [2.05, 4.69) is 36.3 Å². The van der Waals surface area contributed by atoms with Gasteiger partial charge in [0.25, 0.3) is 5.91 Å². The number of nitrogens with zero attached hydrogens (tertiary/aromatic N) is 1. The van der Waals surface area contributed by atoms with Crippen LogP contribution in [0.5, 0.6) is 0 Å². The van der Waals surface area contributed by atoms with Crippen molar-refractivity contribution in [3.8, 4) is 0 Å². The highest BCUT2D eigenvalue weighted by Crippen LogP contribution is 2.11. The molecular weight excluding hydrogens is 272 g/mol. The van der Waals surface area contributed by atoms with Crippen LogP contribution in [-0.2, 0) is 6.42 Å². The van der Waals surface area contributed by atoms with Crippen molar-refractivity contribution in [3.05, 3.63) is 65.4 Å². The summed E-state index contributed by atoms with van der Waals surface area (Å²) in [6, 6.07) is 11.4. The monoisotopic (exact) mass is 294 g/mol. The first-order valence-corrected chi connectivity index (χ1v) is 7.75. The molecule has 0 atom stereocenters. The van der Waals surface area contributed by atoms with Gasteiger partial charge in [0.2, 0.25) is 0 Å². The number of anilines is 1. The maximum atomic E-state index is 12.2. The van der Waals surface area contributed by atoms with Crippen LogP contribution in [0.4, 0.5) is 5.82 Å². The molecule has 1 aromatic heterocycles. The highest BCUT2D eigenvalue weighted by molar-refractivity contribution is 6.03. The van der Waals surface area contributed by atoms with Gasteiger partial charge < -0.3 is 5.32 Å². The number of unbranched alkanes of at least 4 members (excludes halogenated alkanes) is 1. The van der Waals surface area contributed by atoms with Gasteiger partial charge in [0.1, 0.15) is 5.82 Å². The van der Waals surface area contributed by atoms with Gasteiger partial charge in [-0.15, -0.1) is 0 Å². The number of aryl methyl sites for hydroxylation is 1. The molecular formula is C19H22N2O. The van der Waals surface area contributed by atoms with E-state index in [0.29, 0.717) is 11.4 Å². The van der Waals surface area contributed by atoms with Crippen LogP contribution in [0.1, 0.15) is 48.2 Å². The van der Waals surface area contributed by atoms with Crippen LogP contribution in [0.25, 0.3) is 6.08 Å². The molecule has 0 saturated carbocycles. The van der Waals surface area contributed by atoms with E-state index in [9.17, 15) is 4.79 Å². The van der Waals surface area contributed by atoms with Crippen LogP contribution in [0.3, 0.4) is 0 Å². The summed E-state index contributed by atoms with van der Waals surface area (Å²) in [6.45, 7) is 4.23. The van der Waals surface area contributed by atoms with Crippen LogP contribution >= 0.6 is 0 Å². The highest BCUT2D eigenvalue weighted by atomic mass is 16.1. The number of carbonyl (C=O) groups is 1. The van der Waals surface area contributed by atoms with E-state index in [1.807, 2.05) is 36.4 Å². The average Bonchev–Trinajstić information content (AvgIpc) is 2.56. The number of aromatic nitrogens is 1. The van der Waals surface area contributed by atoms with Crippen molar-refractivity contribution < 1.29 is 4.79 Å². The number of allylic oxidation sites excluding steroid dienone is 1. The molecule has 2 rings (SSSR count). The fraction of sp³-hybridized carbons (Fsp3) is 0.263. The minimum Gasteiger partial charge on any atom is -0.307 e. The first-order valence-electron chi connectivity index (χ1n) is 7.75. The number of carbonyl (C=O) groups excluding carboxylic acids is 1. The Labute approximate surface area is 132 Å². The average molecular weight is 294 g/mol. The summed E-state index contributed by atoms with van der Waals surface area (Å²) in [4.78, 5) is 16.4. The summed E-state index contributed by atoms with van der Waals surface area (Å²) >= 11 is 0. The Bertz CT molecular complexity index is 645. The predicted octanol–water partition coefficient (Wildman–Crippen LogP) is 4.71. The normalized spacial score (nSPS) is 10.8. The first-order chi connectivity index (χ1) is 10.7. The van der Waals surface area contributed by atoms with Crippen LogP contribution < -0.4 is 5.32 Å². The van der Waals surface area contributed by atoms with Crippen LogP contribution in [0, 0.1) is 0 Å². The van der Waals surface area contributed by atoms with Crippen LogP contribution in [0.2, 0.25) is 0 Å². The molecule has 0 aliphatic rings. The molecule has 2 aromatic rings. The number of amides is 1.